The van der Waals surface area contributed by atoms with E-state index < -0.39 is 12.0 Å². The normalized spacial score (nSPS) is 17.4. The molecule has 20 heavy (non-hydrogen) atoms. The first kappa shape index (κ1) is 16.2. The second-order valence-electron chi connectivity index (χ2n) is 4.98. The van der Waals surface area contributed by atoms with E-state index in [0.717, 1.165) is 0 Å². The first-order valence-electron chi connectivity index (χ1n) is 6.52. The summed E-state index contributed by atoms with van der Waals surface area (Å²) in [7, 11) is 3.25. The highest BCUT2D eigenvalue weighted by atomic mass is 16.4. The average Bonchev–Trinajstić information content (AvgIpc) is 2.43. The number of piperazine rings is 1. The lowest BCUT2D eigenvalue weighted by molar-refractivity contribution is -0.143. The van der Waals surface area contributed by atoms with Crippen LogP contribution in [0.15, 0.2) is 0 Å². The molecule has 0 aromatic carbocycles. The number of nitrogens with one attached hydrogen (secondary N) is 1. The molecular formula is C12H22N4O4. The van der Waals surface area contributed by atoms with E-state index >= 15 is 0 Å². The van der Waals surface area contributed by atoms with Crippen LogP contribution in [0.1, 0.15) is 6.92 Å². The molecule has 3 amide bonds. The third-order valence-corrected chi connectivity index (χ3v) is 3.40. The van der Waals surface area contributed by atoms with Crippen molar-refractivity contribution in [2.75, 3.05) is 46.8 Å². The molecule has 1 heterocycles. The Balaban J connectivity index is 2.36. The summed E-state index contributed by atoms with van der Waals surface area (Å²) in [6.07, 6.45) is 0. The van der Waals surface area contributed by atoms with Gasteiger partial charge in [0.25, 0.3) is 0 Å². The number of rotatable bonds is 4. The van der Waals surface area contributed by atoms with Gasteiger partial charge in [0.15, 0.2) is 0 Å². The number of aliphatic carboxylic acids is 1. The van der Waals surface area contributed by atoms with Crippen LogP contribution in [0.3, 0.4) is 0 Å². The summed E-state index contributed by atoms with van der Waals surface area (Å²) in [5.41, 5.74) is 0. The van der Waals surface area contributed by atoms with E-state index in [1.807, 2.05) is 4.90 Å². The van der Waals surface area contributed by atoms with E-state index in [0.29, 0.717) is 26.2 Å². The van der Waals surface area contributed by atoms with Gasteiger partial charge in [-0.05, 0) is 6.92 Å². The quantitative estimate of drug-likeness (QED) is 0.682. The molecule has 0 aliphatic carbocycles. The molecule has 2 N–H and O–H groups in total. The third kappa shape index (κ3) is 4.37. The summed E-state index contributed by atoms with van der Waals surface area (Å²) in [6.45, 7) is 3.55. The second-order valence-corrected chi connectivity index (χ2v) is 4.98. The van der Waals surface area contributed by atoms with Gasteiger partial charge in [-0.1, -0.05) is 0 Å². The Labute approximate surface area is 118 Å². The Kier molecular flexibility index (Phi) is 5.75. The summed E-state index contributed by atoms with van der Waals surface area (Å²) in [5.74, 6) is -1.03. The maximum atomic E-state index is 11.8. The van der Waals surface area contributed by atoms with Crippen molar-refractivity contribution in [1.29, 1.82) is 0 Å². The number of carboxylic acid groups (broad SMARTS) is 1. The fraction of sp³-hybridized carbons (Fsp3) is 0.750. The topological polar surface area (TPSA) is 93.2 Å². The Morgan fingerprint density at radius 1 is 1.20 bits per heavy atom. The lowest BCUT2D eigenvalue weighted by Gasteiger charge is -2.36. The molecule has 1 aliphatic heterocycles. The summed E-state index contributed by atoms with van der Waals surface area (Å²) < 4.78 is 0. The molecule has 1 rings (SSSR count). The number of carbonyl (C=O) groups is 3. The smallest absolute Gasteiger partial charge is 0.320 e. The number of hydrogen-bond donors (Lipinski definition) is 2. The molecule has 8 nitrogen and oxygen atoms in total. The fourth-order valence-electron chi connectivity index (χ4n) is 1.89. The number of amides is 3. The number of carbonyl (C=O) groups excluding carboxylic acids is 2. The molecule has 0 spiro atoms. The molecule has 1 fully saturated rings. The van der Waals surface area contributed by atoms with Crippen molar-refractivity contribution in [2.24, 2.45) is 0 Å². The number of nitrogens with zero attached hydrogens (tertiary/aromatic N) is 3. The van der Waals surface area contributed by atoms with Crippen LogP contribution in [0, 0.1) is 0 Å². The molecule has 1 atom stereocenters. The fourth-order valence-corrected chi connectivity index (χ4v) is 1.89. The largest absolute Gasteiger partial charge is 0.480 e. The predicted molar refractivity (Wildman–Crippen MR) is 72.3 cm³/mol. The van der Waals surface area contributed by atoms with Crippen LogP contribution in [0.4, 0.5) is 4.79 Å². The summed E-state index contributed by atoms with van der Waals surface area (Å²) in [5, 5.41) is 11.5. The Hall–Kier alpha value is -1.83. The number of carboxylic acids is 1. The molecule has 8 heteroatoms. The molecule has 0 aromatic heterocycles. The van der Waals surface area contributed by atoms with Gasteiger partial charge in [-0.15, -0.1) is 0 Å². The highest BCUT2D eigenvalue weighted by Crippen LogP contribution is 2.06. The minimum atomic E-state index is -0.862. The molecule has 1 aliphatic rings. The van der Waals surface area contributed by atoms with Gasteiger partial charge < -0.3 is 20.2 Å². The first-order valence-corrected chi connectivity index (χ1v) is 6.52. The van der Waals surface area contributed by atoms with Gasteiger partial charge in [-0.3, -0.25) is 14.5 Å². The van der Waals surface area contributed by atoms with Gasteiger partial charge in [0.2, 0.25) is 5.91 Å². The van der Waals surface area contributed by atoms with Gasteiger partial charge in [-0.2, -0.15) is 0 Å². The highest BCUT2D eigenvalue weighted by Gasteiger charge is 2.27. The van der Waals surface area contributed by atoms with E-state index in [1.54, 1.807) is 25.9 Å². The average molecular weight is 286 g/mol. The monoisotopic (exact) mass is 286 g/mol. The number of likely N-dealkylation sites (N-methyl/N-ethyl adjacent to an activating group) is 1. The zero-order valence-electron chi connectivity index (χ0n) is 12.1. The molecule has 0 radical (unpaired) electrons. The van der Waals surface area contributed by atoms with Crippen LogP contribution in [0.2, 0.25) is 0 Å². The minimum absolute atomic E-state index is 0.0302. The van der Waals surface area contributed by atoms with Gasteiger partial charge in [0.1, 0.15) is 6.04 Å². The van der Waals surface area contributed by atoms with E-state index in [-0.39, 0.29) is 18.5 Å². The van der Waals surface area contributed by atoms with E-state index in [2.05, 4.69) is 5.32 Å². The zero-order valence-corrected chi connectivity index (χ0v) is 12.1. The highest BCUT2D eigenvalue weighted by molar-refractivity contribution is 5.83. The van der Waals surface area contributed by atoms with Gasteiger partial charge in [0.05, 0.1) is 6.54 Å². The first-order chi connectivity index (χ1) is 9.32. The van der Waals surface area contributed by atoms with Crippen molar-refractivity contribution in [2.45, 2.75) is 13.0 Å². The van der Waals surface area contributed by atoms with Crippen LogP contribution < -0.4 is 5.32 Å². The van der Waals surface area contributed by atoms with Crippen molar-refractivity contribution in [3.63, 3.8) is 0 Å². The lowest BCUT2D eigenvalue weighted by Crippen LogP contribution is -2.55. The molecule has 1 unspecified atom stereocenters. The summed E-state index contributed by atoms with van der Waals surface area (Å²) in [6, 6.07) is -0.835. The molecular weight excluding hydrogens is 264 g/mol. The Morgan fingerprint density at radius 3 is 2.20 bits per heavy atom. The predicted octanol–water partition coefficient (Wildman–Crippen LogP) is -1.13. The van der Waals surface area contributed by atoms with Gasteiger partial charge in [0, 0.05) is 40.3 Å². The van der Waals surface area contributed by atoms with Crippen molar-refractivity contribution < 1.29 is 19.5 Å². The summed E-state index contributed by atoms with van der Waals surface area (Å²) >= 11 is 0. The van der Waals surface area contributed by atoms with Crippen LogP contribution in [-0.4, -0.2) is 90.6 Å². The third-order valence-electron chi connectivity index (χ3n) is 3.40. The van der Waals surface area contributed by atoms with Crippen LogP contribution >= 0.6 is 0 Å². The van der Waals surface area contributed by atoms with Crippen LogP contribution in [0.25, 0.3) is 0 Å². The minimum Gasteiger partial charge on any atom is -0.480 e. The van der Waals surface area contributed by atoms with Crippen molar-refractivity contribution >= 4 is 17.9 Å². The van der Waals surface area contributed by atoms with E-state index in [9.17, 15) is 14.4 Å². The molecule has 0 bridgehead atoms. The number of urea groups is 1. The lowest BCUT2D eigenvalue weighted by atomic mass is 10.2. The van der Waals surface area contributed by atoms with E-state index in [4.69, 9.17) is 5.11 Å². The standard InChI is InChI=1S/C12H22N4O4/c1-9(11(18)19)15-4-6-16(7-5-15)12(20)13-8-10(17)14(2)3/h9H,4-8H2,1-3H3,(H,13,20)(H,18,19). The van der Waals surface area contributed by atoms with E-state index in [1.165, 1.54) is 4.90 Å². The maximum Gasteiger partial charge on any atom is 0.320 e. The molecule has 1 saturated heterocycles. The Morgan fingerprint density at radius 2 is 1.75 bits per heavy atom. The van der Waals surface area contributed by atoms with Gasteiger partial charge in [-0.25, -0.2) is 4.79 Å². The van der Waals surface area contributed by atoms with Crippen LogP contribution in [-0.2, 0) is 9.59 Å². The summed E-state index contributed by atoms with van der Waals surface area (Å²) in [4.78, 5) is 38.9. The second kappa shape index (κ2) is 7.09. The van der Waals surface area contributed by atoms with Crippen molar-refractivity contribution in [3.8, 4) is 0 Å². The maximum absolute atomic E-state index is 11.8. The Bertz CT molecular complexity index is 378. The number of hydrogen-bond acceptors (Lipinski definition) is 4. The zero-order chi connectivity index (χ0) is 15.3. The van der Waals surface area contributed by atoms with Crippen LogP contribution in [0.5, 0.6) is 0 Å². The van der Waals surface area contributed by atoms with Crippen molar-refractivity contribution in [3.05, 3.63) is 0 Å². The SMILES string of the molecule is CC(C(=O)O)N1CCN(C(=O)NCC(=O)N(C)C)CC1. The van der Waals surface area contributed by atoms with Gasteiger partial charge >= 0.3 is 12.0 Å². The molecule has 114 valence electrons. The molecule has 0 aromatic rings. The molecule has 0 saturated carbocycles. The van der Waals surface area contributed by atoms with Crippen molar-refractivity contribution in [1.82, 2.24) is 20.0 Å².